The van der Waals surface area contributed by atoms with Crippen molar-refractivity contribution in [2.75, 3.05) is 18.7 Å². The van der Waals surface area contributed by atoms with E-state index in [0.29, 0.717) is 35.0 Å². The highest BCUT2D eigenvalue weighted by molar-refractivity contribution is 9.10. The van der Waals surface area contributed by atoms with Gasteiger partial charge in [0.1, 0.15) is 18.2 Å². The fraction of sp³-hybridized carbons (Fsp3) is 0.143. The van der Waals surface area contributed by atoms with Crippen LogP contribution in [0.15, 0.2) is 56.9 Å². The summed E-state index contributed by atoms with van der Waals surface area (Å²) in [5.41, 5.74) is 1.30. The fourth-order valence-corrected chi connectivity index (χ4v) is 4.29. The first-order valence-electron chi connectivity index (χ1n) is 9.21. The molecule has 0 saturated heterocycles. The molecule has 170 valence electrons. The highest BCUT2D eigenvalue weighted by Gasteiger charge is 2.17. The third-order valence-corrected chi connectivity index (χ3v) is 7.15. The zero-order valence-electron chi connectivity index (χ0n) is 17.4. The molecule has 0 aliphatic carbocycles. The Balaban J connectivity index is 1.74. The van der Waals surface area contributed by atoms with Crippen molar-refractivity contribution in [2.45, 2.75) is 10.9 Å². The molecule has 0 radical (unpaired) electrons. The number of sulfone groups is 1. The van der Waals surface area contributed by atoms with Crippen molar-refractivity contribution in [3.63, 3.8) is 0 Å². The van der Waals surface area contributed by atoms with Crippen LogP contribution in [0.4, 0.5) is 5.13 Å². The van der Waals surface area contributed by atoms with Gasteiger partial charge in [-0.3, -0.25) is 10.1 Å². The summed E-state index contributed by atoms with van der Waals surface area (Å²) < 4.78 is 34.9. The molecule has 33 heavy (non-hydrogen) atoms. The number of ether oxygens (including phenoxy) is 2. The summed E-state index contributed by atoms with van der Waals surface area (Å²) >= 11 is 4.08. The van der Waals surface area contributed by atoms with E-state index in [1.54, 1.807) is 18.2 Å². The molecule has 0 aliphatic heterocycles. The molecule has 1 heterocycles. The molecule has 0 aliphatic rings. The van der Waals surface area contributed by atoms with Gasteiger partial charge < -0.3 is 9.47 Å². The number of aromatic nitrogens is 2. The van der Waals surface area contributed by atoms with Crippen LogP contribution >= 0.6 is 27.3 Å². The standard InChI is InChI=1S/C21H17BrN4O5S2/c1-30-18-10-14(5-8-17(18)31-12-13-3-6-16(22)7-4-13)9-15(11-23)19(27)24-20-25-26-21(32-20)33(2,28)29/h3-10H,12H2,1-2H3,(H,24,25,27). The number of amides is 1. The molecule has 3 aromatic rings. The number of carbonyl (C=O) groups is 1. The lowest BCUT2D eigenvalue weighted by molar-refractivity contribution is -0.112. The molecule has 0 bridgehead atoms. The maximum absolute atomic E-state index is 12.4. The molecule has 3 rings (SSSR count). The largest absolute Gasteiger partial charge is 0.493 e. The van der Waals surface area contributed by atoms with Crippen LogP contribution in [0, 0.1) is 11.3 Å². The first-order valence-corrected chi connectivity index (χ1v) is 12.7. The second-order valence-electron chi connectivity index (χ2n) is 6.59. The summed E-state index contributed by atoms with van der Waals surface area (Å²) in [6, 6.07) is 14.5. The maximum Gasteiger partial charge on any atom is 0.268 e. The molecule has 0 saturated carbocycles. The summed E-state index contributed by atoms with van der Waals surface area (Å²) in [5, 5.41) is 18.9. The van der Waals surface area contributed by atoms with Gasteiger partial charge in [-0.2, -0.15) is 5.26 Å². The van der Waals surface area contributed by atoms with Gasteiger partial charge in [0.15, 0.2) is 11.5 Å². The molecule has 1 amide bonds. The van der Waals surface area contributed by atoms with Crippen LogP contribution in [0.1, 0.15) is 11.1 Å². The average molecular weight is 549 g/mol. The van der Waals surface area contributed by atoms with E-state index >= 15 is 0 Å². The van der Waals surface area contributed by atoms with Crippen molar-refractivity contribution in [2.24, 2.45) is 0 Å². The summed E-state index contributed by atoms with van der Waals surface area (Å²) in [5.74, 6) is 0.186. The third kappa shape index (κ3) is 6.61. The van der Waals surface area contributed by atoms with E-state index in [9.17, 15) is 18.5 Å². The molecule has 12 heteroatoms. The topological polar surface area (TPSA) is 131 Å². The summed E-state index contributed by atoms with van der Waals surface area (Å²) in [6.07, 6.45) is 2.36. The van der Waals surface area contributed by atoms with Crippen LogP contribution in [0.3, 0.4) is 0 Å². The van der Waals surface area contributed by atoms with Crippen molar-refractivity contribution in [3.8, 4) is 17.6 Å². The van der Waals surface area contributed by atoms with Gasteiger partial charge in [0.25, 0.3) is 5.91 Å². The van der Waals surface area contributed by atoms with E-state index in [0.717, 1.165) is 16.3 Å². The van der Waals surface area contributed by atoms with Crippen molar-refractivity contribution in [3.05, 3.63) is 63.6 Å². The second-order valence-corrected chi connectivity index (χ2v) is 10.7. The Morgan fingerprint density at radius 1 is 1.21 bits per heavy atom. The highest BCUT2D eigenvalue weighted by atomic mass is 79.9. The second kappa shape index (κ2) is 10.6. The number of nitriles is 1. The Morgan fingerprint density at radius 3 is 2.55 bits per heavy atom. The predicted octanol–water partition coefficient (Wildman–Crippen LogP) is 3.84. The van der Waals surface area contributed by atoms with Crippen molar-refractivity contribution >= 4 is 54.2 Å². The van der Waals surface area contributed by atoms with Gasteiger partial charge in [0.05, 0.1) is 7.11 Å². The first-order chi connectivity index (χ1) is 15.7. The Bertz CT molecular complexity index is 1350. The number of nitrogens with zero attached hydrogens (tertiary/aromatic N) is 3. The van der Waals surface area contributed by atoms with Crippen LogP contribution in [0.2, 0.25) is 0 Å². The van der Waals surface area contributed by atoms with Crippen LogP contribution in [-0.4, -0.2) is 37.9 Å². The van der Waals surface area contributed by atoms with Gasteiger partial charge in [0, 0.05) is 10.7 Å². The summed E-state index contributed by atoms with van der Waals surface area (Å²) in [4.78, 5) is 12.4. The van der Waals surface area contributed by atoms with Crippen molar-refractivity contribution < 1.29 is 22.7 Å². The Hall–Kier alpha value is -3.27. The summed E-state index contributed by atoms with van der Waals surface area (Å²) in [6.45, 7) is 0.335. The zero-order chi connectivity index (χ0) is 24.0. The lowest BCUT2D eigenvalue weighted by atomic mass is 10.1. The van der Waals surface area contributed by atoms with Gasteiger partial charge in [-0.15, -0.1) is 10.2 Å². The number of rotatable bonds is 8. The minimum absolute atomic E-state index is 0.0316. The number of carbonyl (C=O) groups excluding carboxylic acids is 1. The van der Waals surface area contributed by atoms with Gasteiger partial charge in [-0.25, -0.2) is 8.42 Å². The van der Waals surface area contributed by atoms with Gasteiger partial charge >= 0.3 is 0 Å². The van der Waals surface area contributed by atoms with Crippen LogP contribution < -0.4 is 14.8 Å². The number of hydrogen-bond donors (Lipinski definition) is 1. The molecular formula is C21H17BrN4O5S2. The van der Waals surface area contributed by atoms with Gasteiger partial charge in [-0.1, -0.05) is 45.5 Å². The molecular weight excluding hydrogens is 532 g/mol. The molecule has 0 atom stereocenters. The Kier molecular flexibility index (Phi) is 7.80. The summed E-state index contributed by atoms with van der Waals surface area (Å²) in [7, 11) is -2.05. The van der Waals surface area contributed by atoms with Gasteiger partial charge in [0.2, 0.25) is 19.3 Å². The highest BCUT2D eigenvalue weighted by Crippen LogP contribution is 2.30. The number of methoxy groups -OCH3 is 1. The van der Waals surface area contributed by atoms with E-state index < -0.39 is 15.7 Å². The monoisotopic (exact) mass is 548 g/mol. The van der Waals surface area contributed by atoms with Crippen LogP contribution in [0.5, 0.6) is 11.5 Å². The number of anilines is 1. The molecule has 1 aromatic heterocycles. The van der Waals surface area contributed by atoms with E-state index in [2.05, 4.69) is 31.4 Å². The van der Waals surface area contributed by atoms with E-state index in [-0.39, 0.29) is 15.0 Å². The van der Waals surface area contributed by atoms with Crippen LogP contribution in [-0.2, 0) is 21.2 Å². The zero-order valence-corrected chi connectivity index (χ0v) is 20.6. The molecule has 1 N–H and O–H groups in total. The first kappa shape index (κ1) is 24.4. The number of halogens is 1. The number of benzene rings is 2. The molecule has 0 unspecified atom stereocenters. The van der Waals surface area contributed by atoms with E-state index in [4.69, 9.17) is 9.47 Å². The fourth-order valence-electron chi connectivity index (χ4n) is 2.52. The lowest BCUT2D eigenvalue weighted by Gasteiger charge is -2.11. The van der Waals surface area contributed by atoms with Crippen LogP contribution in [0.25, 0.3) is 6.08 Å². The maximum atomic E-state index is 12.4. The molecule has 2 aromatic carbocycles. The minimum atomic E-state index is -3.54. The Morgan fingerprint density at radius 2 is 1.94 bits per heavy atom. The number of nitrogens with one attached hydrogen (secondary N) is 1. The normalized spacial score (nSPS) is 11.5. The Labute approximate surface area is 202 Å². The quantitative estimate of drug-likeness (QED) is 0.255. The van der Waals surface area contributed by atoms with Crippen molar-refractivity contribution in [1.82, 2.24) is 10.2 Å². The average Bonchev–Trinajstić information content (AvgIpc) is 3.26. The molecule has 0 spiro atoms. The lowest BCUT2D eigenvalue weighted by Crippen LogP contribution is -2.13. The van der Waals surface area contributed by atoms with Gasteiger partial charge in [-0.05, 0) is 41.5 Å². The van der Waals surface area contributed by atoms with E-state index in [1.807, 2.05) is 30.3 Å². The van der Waals surface area contributed by atoms with E-state index in [1.165, 1.54) is 13.2 Å². The number of hydrogen-bond acceptors (Lipinski definition) is 9. The minimum Gasteiger partial charge on any atom is -0.493 e. The third-order valence-electron chi connectivity index (χ3n) is 4.12. The van der Waals surface area contributed by atoms with Crippen molar-refractivity contribution in [1.29, 1.82) is 5.26 Å². The predicted molar refractivity (Wildman–Crippen MR) is 127 cm³/mol. The molecule has 0 fully saturated rings. The molecule has 9 nitrogen and oxygen atoms in total. The SMILES string of the molecule is COc1cc(C=C(C#N)C(=O)Nc2nnc(S(C)(=O)=O)s2)ccc1OCc1ccc(Br)cc1. The smallest absolute Gasteiger partial charge is 0.268 e.